The zero-order valence-corrected chi connectivity index (χ0v) is 7.79. The first kappa shape index (κ1) is 10.8. The lowest BCUT2D eigenvalue weighted by Crippen LogP contribution is -2.17. The predicted molar refractivity (Wildman–Crippen MR) is 48.1 cm³/mol. The maximum absolute atomic E-state index is 10.9. The summed E-state index contributed by atoms with van der Waals surface area (Å²) in [4.78, 5) is 15.0. The Balaban J connectivity index is 4.33. The standard InChI is InChI=1S/C9H14N2O/c1-4-5-11-7(2)9(6-10)8(3)12/h9H,4-5H2,1-3H3. The van der Waals surface area contributed by atoms with Gasteiger partial charge in [-0.05, 0) is 20.3 Å². The summed E-state index contributed by atoms with van der Waals surface area (Å²) in [6, 6.07) is 1.93. The van der Waals surface area contributed by atoms with Gasteiger partial charge in [0.15, 0.2) is 5.78 Å². The van der Waals surface area contributed by atoms with Crippen molar-refractivity contribution in [3.63, 3.8) is 0 Å². The number of carbonyl (C=O) groups is 1. The summed E-state index contributed by atoms with van der Waals surface area (Å²) >= 11 is 0. The smallest absolute Gasteiger partial charge is 0.152 e. The topological polar surface area (TPSA) is 53.2 Å². The Bertz CT molecular complexity index is 225. The van der Waals surface area contributed by atoms with E-state index in [1.807, 2.05) is 13.0 Å². The second-order valence-electron chi connectivity index (χ2n) is 2.70. The van der Waals surface area contributed by atoms with Crippen LogP contribution in [0.25, 0.3) is 0 Å². The van der Waals surface area contributed by atoms with Gasteiger partial charge >= 0.3 is 0 Å². The fraction of sp³-hybridized carbons (Fsp3) is 0.667. The number of ketones is 1. The van der Waals surface area contributed by atoms with Crippen LogP contribution in [-0.4, -0.2) is 18.0 Å². The molecule has 0 aromatic rings. The lowest BCUT2D eigenvalue weighted by Gasteiger charge is -2.03. The number of rotatable bonds is 4. The van der Waals surface area contributed by atoms with Crippen molar-refractivity contribution in [1.29, 1.82) is 5.26 Å². The molecule has 0 aliphatic carbocycles. The molecule has 0 N–H and O–H groups in total. The van der Waals surface area contributed by atoms with E-state index >= 15 is 0 Å². The monoisotopic (exact) mass is 166 g/mol. The van der Waals surface area contributed by atoms with Crippen molar-refractivity contribution >= 4 is 11.5 Å². The molecule has 0 heterocycles. The highest BCUT2D eigenvalue weighted by Crippen LogP contribution is 2.00. The molecule has 0 radical (unpaired) electrons. The second-order valence-corrected chi connectivity index (χ2v) is 2.70. The Kier molecular flexibility index (Phi) is 4.94. The van der Waals surface area contributed by atoms with Gasteiger partial charge in [0.2, 0.25) is 0 Å². The molecule has 0 amide bonds. The molecular weight excluding hydrogens is 152 g/mol. The van der Waals surface area contributed by atoms with Crippen LogP contribution in [0.4, 0.5) is 0 Å². The van der Waals surface area contributed by atoms with E-state index in [-0.39, 0.29) is 5.78 Å². The van der Waals surface area contributed by atoms with E-state index in [9.17, 15) is 4.79 Å². The molecule has 0 saturated heterocycles. The van der Waals surface area contributed by atoms with Gasteiger partial charge in [-0.3, -0.25) is 9.79 Å². The van der Waals surface area contributed by atoms with Crippen molar-refractivity contribution in [2.75, 3.05) is 6.54 Å². The largest absolute Gasteiger partial charge is 0.298 e. The third-order valence-electron chi connectivity index (χ3n) is 1.54. The zero-order chi connectivity index (χ0) is 9.56. The molecular formula is C9H14N2O. The Labute approximate surface area is 73.1 Å². The lowest BCUT2D eigenvalue weighted by atomic mass is 10.0. The van der Waals surface area contributed by atoms with Gasteiger partial charge in [0.25, 0.3) is 0 Å². The van der Waals surface area contributed by atoms with Crippen molar-refractivity contribution in [2.24, 2.45) is 10.9 Å². The zero-order valence-electron chi connectivity index (χ0n) is 7.79. The van der Waals surface area contributed by atoms with E-state index in [1.54, 1.807) is 6.92 Å². The van der Waals surface area contributed by atoms with E-state index in [1.165, 1.54) is 6.92 Å². The summed E-state index contributed by atoms with van der Waals surface area (Å²) in [5.41, 5.74) is 0.631. The quantitative estimate of drug-likeness (QED) is 0.595. The molecule has 3 nitrogen and oxygen atoms in total. The summed E-state index contributed by atoms with van der Waals surface area (Å²) in [5.74, 6) is -0.772. The van der Waals surface area contributed by atoms with E-state index in [0.29, 0.717) is 12.3 Å². The van der Waals surface area contributed by atoms with E-state index in [2.05, 4.69) is 4.99 Å². The highest BCUT2D eigenvalue weighted by molar-refractivity contribution is 6.05. The molecule has 0 fully saturated rings. The normalized spacial score (nSPS) is 13.7. The van der Waals surface area contributed by atoms with Crippen LogP contribution in [0.15, 0.2) is 4.99 Å². The first-order chi connectivity index (χ1) is 5.63. The third kappa shape index (κ3) is 3.29. The number of nitriles is 1. The highest BCUT2D eigenvalue weighted by Gasteiger charge is 2.15. The van der Waals surface area contributed by atoms with Crippen molar-refractivity contribution < 1.29 is 4.79 Å². The SMILES string of the molecule is CCCN=C(C)C(C#N)C(C)=O. The van der Waals surface area contributed by atoms with Gasteiger partial charge in [-0.1, -0.05) is 6.92 Å². The van der Waals surface area contributed by atoms with Crippen molar-refractivity contribution in [3.8, 4) is 6.07 Å². The van der Waals surface area contributed by atoms with Crippen LogP contribution in [-0.2, 0) is 4.79 Å². The van der Waals surface area contributed by atoms with Crippen LogP contribution in [0.5, 0.6) is 0 Å². The molecule has 0 spiro atoms. The third-order valence-corrected chi connectivity index (χ3v) is 1.54. The first-order valence-electron chi connectivity index (χ1n) is 4.04. The van der Waals surface area contributed by atoms with E-state index in [4.69, 9.17) is 5.26 Å². The predicted octanol–water partition coefficient (Wildman–Crippen LogP) is 1.59. The van der Waals surface area contributed by atoms with Crippen LogP contribution in [0, 0.1) is 17.2 Å². The van der Waals surface area contributed by atoms with Crippen molar-refractivity contribution in [2.45, 2.75) is 27.2 Å². The summed E-state index contributed by atoms with van der Waals surface area (Å²) in [6.45, 7) is 5.84. The van der Waals surface area contributed by atoms with Crippen LogP contribution >= 0.6 is 0 Å². The fourth-order valence-electron chi connectivity index (χ4n) is 0.858. The van der Waals surface area contributed by atoms with Crippen LogP contribution in [0.3, 0.4) is 0 Å². The summed E-state index contributed by atoms with van der Waals surface area (Å²) < 4.78 is 0. The minimum Gasteiger partial charge on any atom is -0.298 e. The maximum Gasteiger partial charge on any atom is 0.152 e. The number of hydrogen-bond acceptors (Lipinski definition) is 3. The fourth-order valence-corrected chi connectivity index (χ4v) is 0.858. The molecule has 1 unspecified atom stereocenters. The van der Waals surface area contributed by atoms with Gasteiger partial charge < -0.3 is 0 Å². The highest BCUT2D eigenvalue weighted by atomic mass is 16.1. The number of Topliss-reactive ketones (excluding diaryl/α,β-unsaturated/α-hetero) is 1. The second kappa shape index (κ2) is 5.48. The molecule has 0 aliphatic rings. The molecule has 0 rings (SSSR count). The van der Waals surface area contributed by atoms with Crippen LogP contribution in [0.1, 0.15) is 27.2 Å². The van der Waals surface area contributed by atoms with Gasteiger partial charge in [-0.2, -0.15) is 5.26 Å². The Morgan fingerprint density at radius 2 is 2.17 bits per heavy atom. The number of aliphatic imine (C=N–C) groups is 1. The minimum absolute atomic E-state index is 0.130. The van der Waals surface area contributed by atoms with Gasteiger partial charge in [-0.25, -0.2) is 0 Å². The molecule has 1 atom stereocenters. The average Bonchev–Trinajstić information content (AvgIpc) is 2.01. The average molecular weight is 166 g/mol. The maximum atomic E-state index is 10.9. The molecule has 12 heavy (non-hydrogen) atoms. The van der Waals surface area contributed by atoms with Crippen LogP contribution < -0.4 is 0 Å². The molecule has 3 heteroatoms. The molecule has 0 aromatic heterocycles. The molecule has 0 aliphatic heterocycles. The van der Waals surface area contributed by atoms with Crippen molar-refractivity contribution in [3.05, 3.63) is 0 Å². The molecule has 66 valence electrons. The first-order valence-corrected chi connectivity index (χ1v) is 4.04. The lowest BCUT2D eigenvalue weighted by molar-refractivity contribution is -0.117. The molecule has 0 aromatic carbocycles. The van der Waals surface area contributed by atoms with Gasteiger partial charge in [-0.15, -0.1) is 0 Å². The summed E-state index contributed by atoms with van der Waals surface area (Å²) in [7, 11) is 0. The Hall–Kier alpha value is -1.17. The van der Waals surface area contributed by atoms with E-state index < -0.39 is 5.92 Å². The van der Waals surface area contributed by atoms with Crippen LogP contribution in [0.2, 0.25) is 0 Å². The van der Waals surface area contributed by atoms with Gasteiger partial charge in [0, 0.05) is 12.3 Å². The molecule has 0 bridgehead atoms. The summed E-state index contributed by atoms with van der Waals surface area (Å²) in [5, 5.41) is 8.61. The Morgan fingerprint density at radius 3 is 2.50 bits per heavy atom. The minimum atomic E-state index is -0.642. The molecule has 0 saturated carbocycles. The number of nitrogens with zero attached hydrogens (tertiary/aromatic N) is 2. The number of carbonyl (C=O) groups excluding carboxylic acids is 1. The van der Waals surface area contributed by atoms with Crippen molar-refractivity contribution in [1.82, 2.24) is 0 Å². The number of hydrogen-bond donors (Lipinski definition) is 0. The van der Waals surface area contributed by atoms with E-state index in [0.717, 1.165) is 6.42 Å². The van der Waals surface area contributed by atoms with Gasteiger partial charge in [0.1, 0.15) is 5.92 Å². The van der Waals surface area contributed by atoms with Gasteiger partial charge in [0.05, 0.1) is 6.07 Å². The summed E-state index contributed by atoms with van der Waals surface area (Å²) in [6.07, 6.45) is 0.938. The Morgan fingerprint density at radius 1 is 1.58 bits per heavy atom.